The standard InChI is InChI=1S/C25H20FNO3S/c1-17-5-4-6-19(13-17)15-27-24(28)23(31-25(27)29)14-20-7-2-3-8-22(20)30-16-18-9-11-21(26)12-10-18/h2-14H,15-16H2,1H3/b23-14-. The summed E-state index contributed by atoms with van der Waals surface area (Å²) in [7, 11) is 0. The Morgan fingerprint density at radius 1 is 0.968 bits per heavy atom. The second-order valence-electron chi connectivity index (χ2n) is 7.21. The Morgan fingerprint density at radius 2 is 1.74 bits per heavy atom. The number of halogens is 1. The highest BCUT2D eigenvalue weighted by Crippen LogP contribution is 2.35. The van der Waals surface area contributed by atoms with E-state index in [9.17, 15) is 14.0 Å². The largest absolute Gasteiger partial charge is 0.488 e. The number of ether oxygens (including phenoxy) is 1. The highest BCUT2D eigenvalue weighted by atomic mass is 32.2. The van der Waals surface area contributed by atoms with Crippen molar-refractivity contribution in [2.24, 2.45) is 0 Å². The second-order valence-corrected chi connectivity index (χ2v) is 8.20. The molecule has 156 valence electrons. The van der Waals surface area contributed by atoms with E-state index in [1.54, 1.807) is 24.3 Å². The van der Waals surface area contributed by atoms with Crippen LogP contribution in [0.3, 0.4) is 0 Å². The normalized spacial score (nSPS) is 15.0. The molecule has 0 atom stereocenters. The molecule has 6 heteroatoms. The number of amides is 2. The first-order chi connectivity index (χ1) is 15.0. The van der Waals surface area contributed by atoms with Crippen molar-refractivity contribution in [1.82, 2.24) is 4.90 Å². The van der Waals surface area contributed by atoms with Crippen molar-refractivity contribution in [3.8, 4) is 5.75 Å². The third-order valence-corrected chi connectivity index (χ3v) is 5.72. The van der Waals surface area contributed by atoms with Crippen LogP contribution in [0.15, 0.2) is 77.7 Å². The topological polar surface area (TPSA) is 46.6 Å². The SMILES string of the molecule is Cc1cccc(CN2C(=O)S/C(=C\c3ccccc3OCc3ccc(F)cc3)C2=O)c1. The third-order valence-electron chi connectivity index (χ3n) is 4.81. The van der Waals surface area contributed by atoms with E-state index in [0.29, 0.717) is 16.2 Å². The van der Waals surface area contributed by atoms with Crippen LogP contribution in [0.25, 0.3) is 6.08 Å². The maximum absolute atomic E-state index is 13.1. The first kappa shape index (κ1) is 20.9. The molecule has 1 aliphatic heterocycles. The number of nitrogens with zero attached hydrogens (tertiary/aromatic N) is 1. The van der Waals surface area contributed by atoms with E-state index in [1.807, 2.05) is 49.4 Å². The van der Waals surface area contributed by atoms with Gasteiger partial charge in [-0.25, -0.2) is 4.39 Å². The summed E-state index contributed by atoms with van der Waals surface area (Å²) in [6.45, 7) is 2.48. The first-order valence-electron chi connectivity index (χ1n) is 9.77. The maximum atomic E-state index is 13.1. The summed E-state index contributed by atoms with van der Waals surface area (Å²) in [5.74, 6) is -0.0345. The van der Waals surface area contributed by atoms with Gasteiger partial charge < -0.3 is 4.74 Å². The number of hydrogen-bond donors (Lipinski definition) is 0. The van der Waals surface area contributed by atoms with Gasteiger partial charge in [0.05, 0.1) is 11.4 Å². The average molecular weight is 434 g/mol. The van der Waals surface area contributed by atoms with Gasteiger partial charge in [0.25, 0.3) is 11.1 Å². The summed E-state index contributed by atoms with van der Waals surface area (Å²) in [4.78, 5) is 26.9. The van der Waals surface area contributed by atoms with Crippen LogP contribution in [-0.2, 0) is 17.9 Å². The number of carbonyl (C=O) groups excluding carboxylic acids is 2. The molecule has 0 N–H and O–H groups in total. The number of hydrogen-bond acceptors (Lipinski definition) is 4. The summed E-state index contributed by atoms with van der Waals surface area (Å²) in [6.07, 6.45) is 1.68. The minimum absolute atomic E-state index is 0.242. The predicted octanol–water partition coefficient (Wildman–Crippen LogP) is 5.95. The van der Waals surface area contributed by atoms with Crippen LogP contribution in [0, 0.1) is 12.7 Å². The zero-order valence-electron chi connectivity index (χ0n) is 16.9. The highest BCUT2D eigenvalue weighted by molar-refractivity contribution is 8.18. The molecule has 1 heterocycles. The second kappa shape index (κ2) is 9.18. The van der Waals surface area contributed by atoms with Gasteiger partial charge in [0.2, 0.25) is 0 Å². The molecule has 2 amide bonds. The van der Waals surface area contributed by atoms with Crippen molar-refractivity contribution >= 4 is 29.0 Å². The van der Waals surface area contributed by atoms with Gasteiger partial charge in [-0.15, -0.1) is 0 Å². The Morgan fingerprint density at radius 3 is 2.52 bits per heavy atom. The Labute approximate surface area is 184 Å². The Balaban J connectivity index is 1.51. The van der Waals surface area contributed by atoms with E-state index in [-0.39, 0.29) is 30.1 Å². The molecular weight excluding hydrogens is 413 g/mol. The monoisotopic (exact) mass is 433 g/mol. The Hall–Kier alpha value is -3.38. The Kier molecular flexibility index (Phi) is 6.18. The number of carbonyl (C=O) groups is 2. The number of para-hydroxylation sites is 1. The van der Waals surface area contributed by atoms with Crippen molar-refractivity contribution in [3.05, 3.63) is 106 Å². The van der Waals surface area contributed by atoms with E-state index in [1.165, 1.54) is 17.0 Å². The summed E-state index contributed by atoms with van der Waals surface area (Å²) in [5, 5.41) is -0.289. The molecule has 31 heavy (non-hydrogen) atoms. The van der Waals surface area contributed by atoms with Gasteiger partial charge in [0.1, 0.15) is 18.2 Å². The van der Waals surface area contributed by atoms with Crippen LogP contribution in [0.5, 0.6) is 5.75 Å². The van der Waals surface area contributed by atoms with Crippen molar-refractivity contribution in [2.75, 3.05) is 0 Å². The van der Waals surface area contributed by atoms with E-state index < -0.39 is 0 Å². The fraction of sp³-hybridized carbons (Fsp3) is 0.120. The van der Waals surface area contributed by atoms with E-state index in [0.717, 1.165) is 28.5 Å². The van der Waals surface area contributed by atoms with Gasteiger partial charge in [-0.05, 0) is 54.1 Å². The van der Waals surface area contributed by atoms with Gasteiger partial charge in [0.15, 0.2) is 0 Å². The first-order valence-corrected chi connectivity index (χ1v) is 10.6. The molecule has 1 fully saturated rings. The molecule has 0 unspecified atom stereocenters. The number of benzene rings is 3. The van der Waals surface area contributed by atoms with E-state index >= 15 is 0 Å². The van der Waals surface area contributed by atoms with Crippen LogP contribution in [-0.4, -0.2) is 16.0 Å². The molecule has 0 spiro atoms. The van der Waals surface area contributed by atoms with Crippen LogP contribution >= 0.6 is 11.8 Å². The lowest BCUT2D eigenvalue weighted by molar-refractivity contribution is -0.123. The molecule has 3 aromatic carbocycles. The van der Waals surface area contributed by atoms with E-state index in [2.05, 4.69) is 0 Å². The van der Waals surface area contributed by atoms with Crippen LogP contribution in [0.4, 0.5) is 9.18 Å². The van der Waals surface area contributed by atoms with Crippen LogP contribution in [0.1, 0.15) is 22.3 Å². The van der Waals surface area contributed by atoms with Gasteiger partial charge in [-0.3, -0.25) is 14.5 Å². The van der Waals surface area contributed by atoms with Gasteiger partial charge >= 0.3 is 0 Å². The van der Waals surface area contributed by atoms with E-state index in [4.69, 9.17) is 4.74 Å². The molecule has 3 aromatic rings. The molecule has 1 saturated heterocycles. The minimum Gasteiger partial charge on any atom is -0.488 e. The average Bonchev–Trinajstić information content (AvgIpc) is 3.02. The lowest BCUT2D eigenvalue weighted by atomic mass is 10.1. The van der Waals surface area contributed by atoms with Crippen molar-refractivity contribution in [3.63, 3.8) is 0 Å². The summed E-state index contributed by atoms with van der Waals surface area (Å²) in [6, 6.07) is 21.1. The van der Waals surface area contributed by atoms with Crippen LogP contribution in [0.2, 0.25) is 0 Å². The van der Waals surface area contributed by atoms with Gasteiger partial charge in [0, 0.05) is 5.56 Å². The molecule has 4 nitrogen and oxygen atoms in total. The third kappa shape index (κ3) is 5.03. The zero-order valence-corrected chi connectivity index (χ0v) is 17.7. The lowest BCUT2D eigenvalue weighted by Gasteiger charge is -2.13. The minimum atomic E-state index is -0.315. The lowest BCUT2D eigenvalue weighted by Crippen LogP contribution is -2.27. The van der Waals surface area contributed by atoms with Crippen LogP contribution < -0.4 is 4.74 Å². The van der Waals surface area contributed by atoms with Gasteiger partial charge in [-0.1, -0.05) is 60.2 Å². The summed E-state index contributed by atoms with van der Waals surface area (Å²) in [5.41, 5.74) is 3.51. The van der Waals surface area contributed by atoms with Crippen molar-refractivity contribution in [2.45, 2.75) is 20.1 Å². The molecule has 0 radical (unpaired) electrons. The molecule has 0 bridgehead atoms. The molecule has 0 saturated carbocycles. The van der Waals surface area contributed by atoms with Crippen molar-refractivity contribution in [1.29, 1.82) is 0 Å². The fourth-order valence-corrected chi connectivity index (χ4v) is 4.07. The van der Waals surface area contributed by atoms with Gasteiger partial charge in [-0.2, -0.15) is 0 Å². The Bertz CT molecular complexity index is 1160. The quantitative estimate of drug-likeness (QED) is 0.451. The van der Waals surface area contributed by atoms with Crippen molar-refractivity contribution < 1.29 is 18.7 Å². The number of imide groups is 1. The number of rotatable bonds is 6. The highest BCUT2D eigenvalue weighted by Gasteiger charge is 2.35. The predicted molar refractivity (Wildman–Crippen MR) is 120 cm³/mol. The molecular formula is C25H20FNO3S. The smallest absolute Gasteiger partial charge is 0.293 e. The molecule has 4 rings (SSSR count). The molecule has 0 aromatic heterocycles. The summed E-state index contributed by atoms with van der Waals surface area (Å²) < 4.78 is 19.0. The molecule has 1 aliphatic rings. The number of aryl methyl sites for hydroxylation is 1. The fourth-order valence-electron chi connectivity index (χ4n) is 3.24. The maximum Gasteiger partial charge on any atom is 0.293 e. The molecule has 0 aliphatic carbocycles. The summed E-state index contributed by atoms with van der Waals surface area (Å²) >= 11 is 0.926. The number of thioether (sulfide) groups is 1. The zero-order chi connectivity index (χ0) is 21.8.